The van der Waals surface area contributed by atoms with Crippen LogP contribution in [0.15, 0.2) is 10.2 Å². The fourth-order valence-electron chi connectivity index (χ4n) is 0.738. The Labute approximate surface area is 85.9 Å². The molecule has 1 N–H and O–H groups in total. The lowest BCUT2D eigenvalue weighted by Crippen LogP contribution is -2.05. The Bertz CT molecular complexity index is 156. The van der Waals surface area contributed by atoms with Gasteiger partial charge in [0.2, 0.25) is 0 Å². The Morgan fingerprint density at radius 1 is 1.75 bits per heavy atom. The van der Waals surface area contributed by atoms with E-state index in [0.717, 1.165) is 0 Å². The molecular weight excluding hydrogens is 271 g/mol. The minimum absolute atomic E-state index is 0.222. The van der Waals surface area contributed by atoms with Gasteiger partial charge in [-0.25, -0.2) is 0 Å². The molecule has 70 valence electrons. The Hall–Kier alpha value is -0.100. The Balaban J connectivity index is 3.36. The Morgan fingerprint density at radius 3 is 2.92 bits per heavy atom. The molecule has 0 aromatic heterocycles. The molecule has 3 nitrogen and oxygen atoms in total. The van der Waals surface area contributed by atoms with E-state index in [4.69, 9.17) is 0 Å². The van der Waals surface area contributed by atoms with E-state index in [-0.39, 0.29) is 5.97 Å². The van der Waals surface area contributed by atoms with Crippen LogP contribution in [0, 0.1) is 0 Å². The number of rotatable bonds is 5. The van der Waals surface area contributed by atoms with E-state index in [0.29, 0.717) is 19.3 Å². The van der Waals surface area contributed by atoms with Gasteiger partial charge in [-0.2, -0.15) is 0 Å². The highest BCUT2D eigenvalue weighted by Gasteiger charge is 2.02. The molecule has 0 aliphatic carbocycles. The molecule has 0 aromatic carbocycles. The second-order valence-electron chi connectivity index (χ2n) is 2.35. The van der Waals surface area contributed by atoms with Gasteiger partial charge in [0.05, 0.1) is 13.2 Å². The molecule has 0 aliphatic heterocycles. The average molecular weight is 284 g/mol. The highest BCUT2D eigenvalue weighted by Crippen LogP contribution is 2.03. The molecule has 0 aliphatic rings. The smallest absolute Gasteiger partial charge is 0.305 e. The third kappa shape index (κ3) is 6.60. The minimum atomic E-state index is -0.438. The molecule has 0 rings (SSSR count). The van der Waals surface area contributed by atoms with Gasteiger partial charge in [-0.05, 0) is 16.9 Å². The van der Waals surface area contributed by atoms with Crippen molar-refractivity contribution in [1.29, 1.82) is 0 Å². The highest BCUT2D eigenvalue weighted by atomic mass is 127. The predicted molar refractivity (Wildman–Crippen MR) is 55.0 cm³/mol. The van der Waals surface area contributed by atoms with Crippen LogP contribution in [0.1, 0.15) is 19.3 Å². The normalized spacial score (nSPS) is 13.2. The van der Waals surface area contributed by atoms with Crippen LogP contribution in [0.25, 0.3) is 0 Å². The van der Waals surface area contributed by atoms with Crippen LogP contribution < -0.4 is 0 Å². The monoisotopic (exact) mass is 284 g/mol. The van der Waals surface area contributed by atoms with Crippen LogP contribution in [0.4, 0.5) is 0 Å². The zero-order chi connectivity index (χ0) is 9.40. The van der Waals surface area contributed by atoms with Gasteiger partial charge in [0, 0.05) is 6.42 Å². The zero-order valence-corrected chi connectivity index (χ0v) is 9.15. The molecule has 0 saturated carbocycles. The Morgan fingerprint density at radius 2 is 2.42 bits per heavy atom. The quantitative estimate of drug-likeness (QED) is 0.616. The lowest BCUT2D eigenvalue weighted by molar-refractivity contribution is -0.140. The summed E-state index contributed by atoms with van der Waals surface area (Å²) in [7, 11) is 1.36. The van der Waals surface area contributed by atoms with Crippen LogP contribution in [0.2, 0.25) is 0 Å². The van der Waals surface area contributed by atoms with Gasteiger partial charge in [0.15, 0.2) is 0 Å². The van der Waals surface area contributed by atoms with E-state index in [1.165, 1.54) is 7.11 Å². The number of esters is 1. The third-order valence-corrected chi connectivity index (χ3v) is 1.82. The number of aliphatic hydroxyl groups is 1. The van der Waals surface area contributed by atoms with Crippen molar-refractivity contribution >= 4 is 28.6 Å². The minimum Gasteiger partial charge on any atom is -0.469 e. The van der Waals surface area contributed by atoms with Crippen LogP contribution >= 0.6 is 22.6 Å². The highest BCUT2D eigenvalue weighted by molar-refractivity contribution is 14.1. The molecule has 12 heavy (non-hydrogen) atoms. The summed E-state index contributed by atoms with van der Waals surface area (Å²) in [4.78, 5) is 10.6. The summed E-state index contributed by atoms with van der Waals surface area (Å²) in [5, 5.41) is 9.19. The summed E-state index contributed by atoms with van der Waals surface area (Å²) in [6.45, 7) is 0. The maximum absolute atomic E-state index is 10.6. The largest absolute Gasteiger partial charge is 0.469 e. The number of carbonyl (C=O) groups is 1. The van der Waals surface area contributed by atoms with Gasteiger partial charge in [-0.15, -0.1) is 0 Å². The van der Waals surface area contributed by atoms with Crippen molar-refractivity contribution in [3.63, 3.8) is 0 Å². The fraction of sp³-hybridized carbons (Fsp3) is 0.625. The van der Waals surface area contributed by atoms with Crippen molar-refractivity contribution in [2.75, 3.05) is 7.11 Å². The molecular formula is C8H13IO3. The second-order valence-corrected chi connectivity index (χ2v) is 3.07. The molecule has 0 spiro atoms. The first-order chi connectivity index (χ1) is 5.70. The first kappa shape index (κ1) is 11.9. The molecule has 0 fully saturated rings. The summed E-state index contributed by atoms with van der Waals surface area (Å²) in [6, 6.07) is 0. The van der Waals surface area contributed by atoms with Crippen molar-refractivity contribution in [3.8, 4) is 0 Å². The van der Waals surface area contributed by atoms with Crippen molar-refractivity contribution in [1.82, 2.24) is 0 Å². The third-order valence-electron chi connectivity index (χ3n) is 1.40. The molecule has 0 amide bonds. The lowest BCUT2D eigenvalue weighted by atomic mass is 10.1. The first-order valence-electron chi connectivity index (χ1n) is 3.72. The predicted octanol–water partition coefficient (Wildman–Crippen LogP) is 1.64. The van der Waals surface area contributed by atoms with Crippen LogP contribution in [-0.2, 0) is 9.53 Å². The molecule has 1 atom stereocenters. The van der Waals surface area contributed by atoms with Crippen molar-refractivity contribution in [2.24, 2.45) is 0 Å². The lowest BCUT2D eigenvalue weighted by Gasteiger charge is -2.03. The van der Waals surface area contributed by atoms with Crippen LogP contribution in [0.5, 0.6) is 0 Å². The van der Waals surface area contributed by atoms with E-state index in [1.54, 1.807) is 10.2 Å². The second kappa shape index (κ2) is 7.54. The molecule has 4 heteroatoms. The molecule has 0 radical (unpaired) electrons. The summed E-state index contributed by atoms with van der Waals surface area (Å²) in [5.74, 6) is -0.222. The number of ether oxygens (including phenoxy) is 1. The number of carbonyl (C=O) groups excluding carboxylic acids is 1. The maximum Gasteiger partial charge on any atom is 0.305 e. The average Bonchev–Trinajstić information content (AvgIpc) is 2.04. The van der Waals surface area contributed by atoms with E-state index >= 15 is 0 Å². The molecule has 0 aromatic rings. The van der Waals surface area contributed by atoms with Crippen LogP contribution in [0.3, 0.4) is 0 Å². The van der Waals surface area contributed by atoms with Gasteiger partial charge < -0.3 is 9.84 Å². The summed E-state index contributed by atoms with van der Waals surface area (Å²) in [6.07, 6.45) is 2.90. The SMILES string of the molecule is COC(=O)CCC[C@H](O)/C=C/I. The number of halogens is 1. The van der Waals surface area contributed by atoms with Gasteiger partial charge in [0.1, 0.15) is 0 Å². The fourth-order valence-corrected chi connectivity index (χ4v) is 1.22. The molecule has 0 heterocycles. The summed E-state index contributed by atoms with van der Waals surface area (Å²) in [5.41, 5.74) is 0. The number of hydrogen-bond acceptors (Lipinski definition) is 3. The van der Waals surface area contributed by atoms with E-state index in [1.807, 2.05) is 22.6 Å². The van der Waals surface area contributed by atoms with E-state index < -0.39 is 6.10 Å². The molecule has 0 unspecified atom stereocenters. The topological polar surface area (TPSA) is 46.5 Å². The van der Waals surface area contributed by atoms with Gasteiger partial charge in [-0.1, -0.05) is 28.7 Å². The summed E-state index contributed by atoms with van der Waals surface area (Å²) < 4.78 is 6.22. The molecule has 0 saturated heterocycles. The zero-order valence-electron chi connectivity index (χ0n) is 7.00. The van der Waals surface area contributed by atoms with Crippen LogP contribution in [-0.4, -0.2) is 24.3 Å². The van der Waals surface area contributed by atoms with E-state index in [2.05, 4.69) is 4.74 Å². The van der Waals surface area contributed by atoms with E-state index in [9.17, 15) is 9.90 Å². The number of methoxy groups -OCH3 is 1. The van der Waals surface area contributed by atoms with Crippen molar-refractivity contribution in [2.45, 2.75) is 25.4 Å². The summed E-state index contributed by atoms with van der Waals surface area (Å²) >= 11 is 2.04. The number of hydrogen-bond donors (Lipinski definition) is 1. The van der Waals surface area contributed by atoms with Gasteiger partial charge >= 0.3 is 5.97 Å². The van der Waals surface area contributed by atoms with Crippen molar-refractivity contribution in [3.05, 3.63) is 10.2 Å². The molecule has 0 bridgehead atoms. The maximum atomic E-state index is 10.6. The van der Waals surface area contributed by atoms with Crippen molar-refractivity contribution < 1.29 is 14.6 Å². The Kier molecular flexibility index (Phi) is 7.48. The number of aliphatic hydroxyl groups excluding tert-OH is 1. The van der Waals surface area contributed by atoms with Gasteiger partial charge in [-0.3, -0.25) is 4.79 Å². The standard InChI is InChI=1S/C8H13IO3/c1-12-8(11)4-2-3-7(10)5-6-9/h5-7,10H,2-4H2,1H3/b6-5+/t7-/m0/s1. The first-order valence-corrected chi connectivity index (χ1v) is 4.97. The van der Waals surface area contributed by atoms with Gasteiger partial charge in [0.25, 0.3) is 0 Å².